The van der Waals surface area contributed by atoms with Crippen LogP contribution in [-0.4, -0.2) is 5.78 Å². The van der Waals surface area contributed by atoms with Crippen molar-refractivity contribution in [2.75, 3.05) is 0 Å². The largest absolute Gasteiger partial charge is 0.289 e. The van der Waals surface area contributed by atoms with Gasteiger partial charge in [-0.1, -0.05) is 23.2 Å². The van der Waals surface area contributed by atoms with E-state index in [-0.39, 0.29) is 5.78 Å². The van der Waals surface area contributed by atoms with Gasteiger partial charge in [-0.05, 0) is 52.3 Å². The van der Waals surface area contributed by atoms with Gasteiger partial charge in [-0.25, -0.2) is 0 Å². The molecule has 1 nitrogen and oxygen atoms in total. The van der Waals surface area contributed by atoms with Crippen molar-refractivity contribution in [3.05, 3.63) is 60.7 Å². The van der Waals surface area contributed by atoms with Crippen LogP contribution in [0.3, 0.4) is 0 Å². The number of thiophene rings is 1. The Kier molecular flexibility index (Phi) is 4.62. The summed E-state index contributed by atoms with van der Waals surface area (Å²) in [4.78, 5) is 12.9. The molecule has 92 valence electrons. The fourth-order valence-corrected chi connectivity index (χ4v) is 2.95. The highest BCUT2D eigenvalue weighted by Crippen LogP contribution is 2.24. The van der Waals surface area contributed by atoms with Gasteiger partial charge in [0.2, 0.25) is 0 Å². The fourth-order valence-electron chi connectivity index (χ4n) is 1.32. The van der Waals surface area contributed by atoms with Crippen LogP contribution in [0.25, 0.3) is 6.08 Å². The van der Waals surface area contributed by atoms with E-state index in [1.54, 1.807) is 35.6 Å². The number of benzene rings is 1. The van der Waals surface area contributed by atoms with E-state index in [2.05, 4.69) is 15.9 Å². The summed E-state index contributed by atoms with van der Waals surface area (Å²) in [6.07, 6.45) is 3.30. The average molecular weight is 362 g/mol. The van der Waals surface area contributed by atoms with E-state index in [0.717, 1.165) is 9.35 Å². The molecule has 0 bridgehead atoms. The number of carbonyl (C=O) groups is 1. The van der Waals surface area contributed by atoms with Crippen LogP contribution in [0, 0.1) is 0 Å². The average Bonchev–Trinajstić information content (AvgIpc) is 2.75. The summed E-state index contributed by atoms with van der Waals surface area (Å²) in [5.41, 5.74) is 0.524. The summed E-state index contributed by atoms with van der Waals surface area (Å²) in [7, 11) is 0. The van der Waals surface area contributed by atoms with Gasteiger partial charge in [0.05, 0.1) is 10.0 Å². The van der Waals surface area contributed by atoms with Gasteiger partial charge in [0, 0.05) is 20.3 Å². The SMILES string of the molecule is O=C(/C=C\c1cc(Br)cs1)c1ccc(Cl)c(Cl)c1. The van der Waals surface area contributed by atoms with Crippen LogP contribution in [0.15, 0.2) is 40.2 Å². The van der Waals surface area contributed by atoms with E-state index < -0.39 is 0 Å². The van der Waals surface area contributed by atoms with Crippen LogP contribution in [0.2, 0.25) is 10.0 Å². The molecule has 2 aromatic rings. The van der Waals surface area contributed by atoms with Gasteiger partial charge in [0.1, 0.15) is 0 Å². The minimum atomic E-state index is -0.0990. The third-order valence-corrected chi connectivity index (χ3v) is 4.59. The van der Waals surface area contributed by atoms with E-state index >= 15 is 0 Å². The first-order chi connectivity index (χ1) is 8.56. The van der Waals surface area contributed by atoms with Crippen molar-refractivity contribution < 1.29 is 4.79 Å². The second kappa shape index (κ2) is 6.02. The lowest BCUT2D eigenvalue weighted by Crippen LogP contribution is -1.93. The van der Waals surface area contributed by atoms with Gasteiger partial charge in [-0.2, -0.15) is 0 Å². The second-order valence-electron chi connectivity index (χ2n) is 3.49. The van der Waals surface area contributed by atoms with Crippen molar-refractivity contribution in [1.29, 1.82) is 0 Å². The van der Waals surface area contributed by atoms with Crippen molar-refractivity contribution in [3.8, 4) is 0 Å². The molecule has 0 aliphatic carbocycles. The summed E-state index contributed by atoms with van der Waals surface area (Å²) < 4.78 is 1.01. The Morgan fingerprint density at radius 2 is 2.00 bits per heavy atom. The zero-order valence-electron chi connectivity index (χ0n) is 8.99. The Bertz CT molecular complexity index is 619. The molecular formula is C13H7BrCl2OS. The van der Waals surface area contributed by atoms with E-state index in [9.17, 15) is 4.79 Å². The number of allylic oxidation sites excluding steroid dienone is 1. The lowest BCUT2D eigenvalue weighted by atomic mass is 10.1. The van der Waals surface area contributed by atoms with E-state index in [1.807, 2.05) is 11.4 Å². The van der Waals surface area contributed by atoms with Crippen molar-refractivity contribution >= 4 is 62.3 Å². The first-order valence-corrected chi connectivity index (χ1v) is 7.40. The Balaban J connectivity index is 2.16. The Hall–Kier alpha value is -0.610. The zero-order chi connectivity index (χ0) is 13.1. The van der Waals surface area contributed by atoms with Crippen molar-refractivity contribution in [3.63, 3.8) is 0 Å². The maximum atomic E-state index is 11.9. The Morgan fingerprint density at radius 1 is 1.22 bits per heavy atom. The van der Waals surface area contributed by atoms with Gasteiger partial charge in [-0.3, -0.25) is 4.79 Å². The van der Waals surface area contributed by atoms with Gasteiger partial charge in [0.15, 0.2) is 5.78 Å². The number of rotatable bonds is 3. The van der Waals surface area contributed by atoms with Crippen molar-refractivity contribution in [1.82, 2.24) is 0 Å². The highest BCUT2D eigenvalue weighted by Gasteiger charge is 2.05. The molecule has 18 heavy (non-hydrogen) atoms. The molecule has 0 amide bonds. The maximum Gasteiger partial charge on any atom is 0.185 e. The highest BCUT2D eigenvalue weighted by atomic mass is 79.9. The molecule has 0 aliphatic rings. The summed E-state index contributed by atoms with van der Waals surface area (Å²) >= 11 is 16.6. The quantitative estimate of drug-likeness (QED) is 0.505. The molecule has 0 atom stereocenters. The van der Waals surface area contributed by atoms with E-state index in [4.69, 9.17) is 23.2 Å². The van der Waals surface area contributed by atoms with Crippen molar-refractivity contribution in [2.24, 2.45) is 0 Å². The van der Waals surface area contributed by atoms with Crippen LogP contribution in [0.5, 0.6) is 0 Å². The van der Waals surface area contributed by atoms with Gasteiger partial charge in [-0.15, -0.1) is 11.3 Å². The molecule has 0 unspecified atom stereocenters. The lowest BCUT2D eigenvalue weighted by Gasteiger charge is -1.98. The number of carbonyl (C=O) groups excluding carboxylic acids is 1. The molecule has 0 aliphatic heterocycles. The van der Waals surface area contributed by atoms with Crippen LogP contribution in [0.4, 0.5) is 0 Å². The Morgan fingerprint density at radius 3 is 2.61 bits per heavy atom. The molecule has 0 N–H and O–H groups in total. The molecular weight excluding hydrogens is 355 g/mol. The van der Waals surface area contributed by atoms with Gasteiger partial charge in [0.25, 0.3) is 0 Å². The van der Waals surface area contributed by atoms with Gasteiger partial charge >= 0.3 is 0 Å². The first kappa shape index (κ1) is 13.8. The standard InChI is InChI=1S/C13H7BrCl2OS/c14-9-6-10(18-7-9)2-4-13(17)8-1-3-11(15)12(16)5-8/h1-7H/b4-2-. The minimum Gasteiger partial charge on any atom is -0.289 e. The third-order valence-electron chi connectivity index (χ3n) is 2.19. The first-order valence-electron chi connectivity index (χ1n) is 4.98. The summed E-state index contributed by atoms with van der Waals surface area (Å²) in [6.45, 7) is 0. The monoisotopic (exact) mass is 360 g/mol. The zero-order valence-corrected chi connectivity index (χ0v) is 12.9. The summed E-state index contributed by atoms with van der Waals surface area (Å²) in [5.74, 6) is -0.0990. The number of hydrogen-bond donors (Lipinski definition) is 0. The normalized spacial score (nSPS) is 11.1. The minimum absolute atomic E-state index is 0.0990. The molecule has 0 radical (unpaired) electrons. The molecule has 0 saturated carbocycles. The number of halogens is 3. The predicted molar refractivity (Wildman–Crippen MR) is 81.8 cm³/mol. The molecule has 1 aromatic heterocycles. The molecule has 0 fully saturated rings. The van der Waals surface area contributed by atoms with Crippen LogP contribution in [0.1, 0.15) is 15.2 Å². The fraction of sp³-hybridized carbons (Fsp3) is 0. The Labute approximate surface area is 127 Å². The van der Waals surface area contributed by atoms with E-state index in [0.29, 0.717) is 15.6 Å². The predicted octanol–water partition coefficient (Wildman–Crippen LogP) is 5.71. The second-order valence-corrected chi connectivity index (χ2v) is 6.17. The molecule has 2 rings (SSSR count). The van der Waals surface area contributed by atoms with Gasteiger partial charge < -0.3 is 0 Å². The topological polar surface area (TPSA) is 17.1 Å². The molecule has 0 spiro atoms. The summed E-state index contributed by atoms with van der Waals surface area (Å²) in [6, 6.07) is 6.79. The van der Waals surface area contributed by atoms with E-state index in [1.165, 1.54) is 6.08 Å². The third kappa shape index (κ3) is 3.45. The van der Waals surface area contributed by atoms with Crippen LogP contribution in [-0.2, 0) is 0 Å². The highest BCUT2D eigenvalue weighted by molar-refractivity contribution is 9.10. The summed E-state index contributed by atoms with van der Waals surface area (Å²) in [5, 5.41) is 2.79. The molecule has 1 heterocycles. The molecule has 1 aromatic carbocycles. The number of hydrogen-bond acceptors (Lipinski definition) is 2. The maximum absolute atomic E-state index is 11.9. The smallest absolute Gasteiger partial charge is 0.185 e. The number of ketones is 1. The molecule has 5 heteroatoms. The molecule has 0 saturated heterocycles. The van der Waals surface area contributed by atoms with Crippen molar-refractivity contribution in [2.45, 2.75) is 0 Å². The lowest BCUT2D eigenvalue weighted by molar-refractivity contribution is 0.104. The van der Waals surface area contributed by atoms with Crippen LogP contribution >= 0.6 is 50.5 Å². The van der Waals surface area contributed by atoms with Crippen LogP contribution < -0.4 is 0 Å².